The van der Waals surface area contributed by atoms with Gasteiger partial charge in [0.25, 0.3) is 0 Å². The van der Waals surface area contributed by atoms with Crippen molar-refractivity contribution in [1.82, 2.24) is 0 Å². The topological polar surface area (TPSA) is 149 Å². The third-order valence-electron chi connectivity index (χ3n) is 6.82. The van der Waals surface area contributed by atoms with Gasteiger partial charge >= 0.3 is 23.9 Å². The number of hydrogen-bond acceptors (Lipinski definition) is 4. The first kappa shape index (κ1) is 28.6. The van der Waals surface area contributed by atoms with Gasteiger partial charge in [0.05, 0.1) is 12.8 Å². The summed E-state index contributed by atoms with van der Waals surface area (Å²) in [5, 5.41) is 40.7. The molecule has 8 nitrogen and oxygen atoms in total. The Hall–Kier alpha value is -3.68. The first-order valence-corrected chi connectivity index (χ1v) is 12.1. The molecule has 194 valence electrons. The van der Waals surface area contributed by atoms with Gasteiger partial charge < -0.3 is 20.4 Å². The lowest BCUT2D eigenvalue weighted by Gasteiger charge is -2.44. The third kappa shape index (κ3) is 5.75. The minimum Gasteiger partial charge on any atom is -0.481 e. The molecule has 0 aliphatic rings. The highest BCUT2D eigenvalue weighted by Crippen LogP contribution is 2.50. The fraction of sp³-hybridized carbons (Fsp3) is 0.429. The molecule has 0 fully saturated rings. The van der Waals surface area contributed by atoms with E-state index >= 15 is 0 Å². The van der Waals surface area contributed by atoms with Gasteiger partial charge in [-0.15, -0.1) is 0 Å². The van der Waals surface area contributed by atoms with Crippen LogP contribution in [-0.4, -0.2) is 44.3 Å². The van der Waals surface area contributed by atoms with Gasteiger partial charge in [-0.05, 0) is 47.9 Å². The Morgan fingerprint density at radius 2 is 0.889 bits per heavy atom. The molecule has 0 amide bonds. The molecule has 36 heavy (non-hydrogen) atoms. The zero-order valence-corrected chi connectivity index (χ0v) is 20.7. The van der Waals surface area contributed by atoms with Crippen LogP contribution in [0.1, 0.15) is 74.6 Å². The highest BCUT2D eigenvalue weighted by atomic mass is 16.4. The molecule has 0 radical (unpaired) electrons. The number of benzene rings is 2. The number of aryl methyl sites for hydroxylation is 2. The molecule has 0 saturated heterocycles. The van der Waals surface area contributed by atoms with E-state index in [1.807, 2.05) is 13.8 Å². The van der Waals surface area contributed by atoms with Crippen molar-refractivity contribution in [2.75, 3.05) is 0 Å². The number of aliphatic carboxylic acids is 4. The molecule has 2 atom stereocenters. The van der Waals surface area contributed by atoms with Crippen LogP contribution in [-0.2, 0) is 42.8 Å². The maximum Gasteiger partial charge on any atom is 0.316 e. The number of carboxylic acid groups (broad SMARTS) is 4. The van der Waals surface area contributed by atoms with Crippen molar-refractivity contribution < 1.29 is 39.6 Å². The van der Waals surface area contributed by atoms with Gasteiger partial charge in [0.1, 0.15) is 10.8 Å². The molecule has 2 aromatic carbocycles. The van der Waals surface area contributed by atoms with E-state index in [2.05, 4.69) is 0 Å². The summed E-state index contributed by atoms with van der Waals surface area (Å²) in [5.74, 6) is -6.54. The summed E-state index contributed by atoms with van der Waals surface area (Å²) < 4.78 is 0. The van der Waals surface area contributed by atoms with Gasteiger partial charge in [0.15, 0.2) is 0 Å². The molecule has 0 heterocycles. The van der Waals surface area contributed by atoms with Crippen LogP contribution in [0.4, 0.5) is 0 Å². The van der Waals surface area contributed by atoms with Crippen LogP contribution in [0, 0.1) is 0 Å². The summed E-state index contributed by atoms with van der Waals surface area (Å²) in [6.07, 6.45) is 2.86. The first-order chi connectivity index (χ1) is 17.0. The largest absolute Gasteiger partial charge is 0.481 e. The van der Waals surface area contributed by atoms with Gasteiger partial charge in [-0.2, -0.15) is 0 Å². The van der Waals surface area contributed by atoms with E-state index in [0.717, 1.165) is 36.8 Å². The lowest BCUT2D eigenvalue weighted by molar-refractivity contribution is -0.166. The molecular formula is C28H34O8. The van der Waals surface area contributed by atoms with Crippen LogP contribution in [0.3, 0.4) is 0 Å². The van der Waals surface area contributed by atoms with Crippen LogP contribution in [0.2, 0.25) is 0 Å². The first-order valence-electron chi connectivity index (χ1n) is 12.1. The molecule has 0 saturated carbocycles. The average Bonchev–Trinajstić information content (AvgIpc) is 2.83. The Morgan fingerprint density at radius 1 is 0.583 bits per heavy atom. The molecule has 2 unspecified atom stereocenters. The Kier molecular flexibility index (Phi) is 9.78. The van der Waals surface area contributed by atoms with Crippen LogP contribution < -0.4 is 0 Å². The SMILES string of the molecule is CCCCc1ccc(C(CC(=O)O)(C(=O)O)C(CC(=O)O)(C(=O)O)c2ccc(CCCC)cc2)cc1. The Labute approximate surface area is 210 Å². The Morgan fingerprint density at radius 3 is 1.11 bits per heavy atom. The minimum absolute atomic E-state index is 0.0728. The zero-order chi connectivity index (χ0) is 26.9. The number of unbranched alkanes of at least 4 members (excludes halogenated alkanes) is 2. The molecule has 8 heteroatoms. The monoisotopic (exact) mass is 498 g/mol. The van der Waals surface area contributed by atoms with Gasteiger partial charge in [-0.3, -0.25) is 19.2 Å². The van der Waals surface area contributed by atoms with Crippen LogP contribution >= 0.6 is 0 Å². The van der Waals surface area contributed by atoms with E-state index in [1.165, 1.54) is 24.3 Å². The van der Waals surface area contributed by atoms with E-state index in [9.17, 15) is 39.6 Å². The van der Waals surface area contributed by atoms with Gasteiger partial charge in [-0.25, -0.2) is 0 Å². The van der Waals surface area contributed by atoms with Gasteiger partial charge in [0.2, 0.25) is 0 Å². The van der Waals surface area contributed by atoms with Crippen molar-refractivity contribution in [3.8, 4) is 0 Å². The van der Waals surface area contributed by atoms with Crippen LogP contribution in [0.15, 0.2) is 48.5 Å². The molecule has 2 aromatic rings. The lowest BCUT2D eigenvalue weighted by atomic mass is 9.53. The Bertz CT molecular complexity index is 986. The standard InChI is InChI=1S/C28H34O8/c1-3-5-7-19-9-13-21(14-10-19)27(25(33)34,17-23(29)30)28(26(35)36,18-24(31)32)22-15-11-20(12-16-22)8-6-4-2/h9-16H,3-8,17-18H2,1-2H3,(H,29,30)(H,31,32)(H,33,34)(H,35,36). The predicted octanol–water partition coefficient (Wildman–Crippen LogP) is 4.67. The maximum absolute atomic E-state index is 13.0. The highest BCUT2D eigenvalue weighted by Gasteiger charge is 2.65. The average molecular weight is 499 g/mol. The molecule has 4 N–H and O–H groups in total. The summed E-state index contributed by atoms with van der Waals surface area (Å²) in [6, 6.07) is 12.2. The normalized spacial score (nSPS) is 14.4. The number of hydrogen-bond donors (Lipinski definition) is 4. The minimum atomic E-state index is -2.60. The van der Waals surface area contributed by atoms with Crippen molar-refractivity contribution in [1.29, 1.82) is 0 Å². The zero-order valence-electron chi connectivity index (χ0n) is 20.7. The molecule has 2 rings (SSSR count). The summed E-state index contributed by atoms with van der Waals surface area (Å²) in [5.41, 5.74) is -3.58. The van der Waals surface area contributed by atoms with Gasteiger partial charge in [-0.1, -0.05) is 75.2 Å². The van der Waals surface area contributed by atoms with E-state index < -0.39 is 47.5 Å². The second-order valence-corrected chi connectivity index (χ2v) is 9.16. The lowest BCUT2D eigenvalue weighted by Crippen LogP contribution is -2.60. The Balaban J connectivity index is 2.89. The fourth-order valence-electron chi connectivity index (χ4n) is 4.89. The molecule has 0 bridgehead atoms. The summed E-state index contributed by atoms with van der Waals surface area (Å²) in [4.78, 5) is 50.1. The van der Waals surface area contributed by atoms with Crippen molar-refractivity contribution in [3.05, 3.63) is 70.8 Å². The second-order valence-electron chi connectivity index (χ2n) is 9.16. The third-order valence-corrected chi connectivity index (χ3v) is 6.82. The van der Waals surface area contributed by atoms with E-state index in [4.69, 9.17) is 0 Å². The van der Waals surface area contributed by atoms with Crippen molar-refractivity contribution >= 4 is 23.9 Å². The van der Waals surface area contributed by atoms with Crippen molar-refractivity contribution in [3.63, 3.8) is 0 Å². The molecule has 0 spiro atoms. The number of carbonyl (C=O) groups is 4. The summed E-state index contributed by atoms with van der Waals surface area (Å²) >= 11 is 0. The van der Waals surface area contributed by atoms with Gasteiger partial charge in [0, 0.05) is 0 Å². The molecule has 0 aliphatic heterocycles. The van der Waals surface area contributed by atoms with E-state index in [1.54, 1.807) is 24.3 Å². The summed E-state index contributed by atoms with van der Waals surface area (Å²) in [6.45, 7) is 4.05. The molecule has 0 aliphatic carbocycles. The molecular weight excluding hydrogens is 464 g/mol. The van der Waals surface area contributed by atoms with Crippen molar-refractivity contribution in [2.24, 2.45) is 0 Å². The van der Waals surface area contributed by atoms with Crippen molar-refractivity contribution in [2.45, 2.75) is 76.0 Å². The number of carboxylic acids is 4. The quantitative estimate of drug-likeness (QED) is 0.277. The summed E-state index contributed by atoms with van der Waals surface area (Å²) in [7, 11) is 0. The molecule has 0 aromatic heterocycles. The van der Waals surface area contributed by atoms with E-state index in [0.29, 0.717) is 12.8 Å². The maximum atomic E-state index is 13.0. The smallest absolute Gasteiger partial charge is 0.316 e. The number of rotatable bonds is 15. The predicted molar refractivity (Wildman–Crippen MR) is 133 cm³/mol. The highest BCUT2D eigenvalue weighted by molar-refractivity contribution is 6.00. The van der Waals surface area contributed by atoms with Crippen LogP contribution in [0.25, 0.3) is 0 Å². The fourth-order valence-corrected chi connectivity index (χ4v) is 4.89. The second kappa shape index (κ2) is 12.3. The van der Waals surface area contributed by atoms with E-state index in [-0.39, 0.29) is 11.1 Å². The van der Waals surface area contributed by atoms with Crippen LogP contribution in [0.5, 0.6) is 0 Å².